The maximum absolute atomic E-state index is 13.3. The second kappa shape index (κ2) is 9.05. The van der Waals surface area contributed by atoms with Crippen molar-refractivity contribution >= 4 is 16.7 Å². The van der Waals surface area contributed by atoms with Gasteiger partial charge in [0, 0.05) is 30.9 Å². The lowest BCUT2D eigenvalue weighted by atomic mass is 9.95. The van der Waals surface area contributed by atoms with Crippen LogP contribution in [0.5, 0.6) is 0 Å². The molecule has 4 rings (SSSR count). The summed E-state index contributed by atoms with van der Waals surface area (Å²) in [6.07, 6.45) is 4.55. The minimum absolute atomic E-state index is 0.0999. The van der Waals surface area contributed by atoms with Gasteiger partial charge in [0.05, 0.1) is 18.6 Å². The van der Waals surface area contributed by atoms with Crippen LogP contribution in [0.4, 0.5) is 0 Å². The highest BCUT2D eigenvalue weighted by Crippen LogP contribution is 2.27. The Balaban J connectivity index is 1.56. The van der Waals surface area contributed by atoms with Crippen molar-refractivity contribution in [2.75, 3.05) is 26.3 Å². The summed E-state index contributed by atoms with van der Waals surface area (Å²) in [6.45, 7) is 5.26. The number of amides is 1. The lowest BCUT2D eigenvalue weighted by Crippen LogP contribution is -2.42. The van der Waals surface area contributed by atoms with E-state index >= 15 is 0 Å². The van der Waals surface area contributed by atoms with Gasteiger partial charge in [-0.25, -0.2) is 4.68 Å². The molecule has 0 bridgehead atoms. The minimum atomic E-state index is -0.133. The minimum Gasteiger partial charge on any atom is -0.350 e. The molecule has 3 heterocycles. The standard InChI is InChI=1S/C22H29N3O4/c1-2-3-6-11-25-20(26)18-8-5-4-7-17(18)19(23-25)21(27)24-12-9-16(10-13-24)22-28-14-15-29-22/h4-5,7-8,16,22H,2-3,6,9-15H2,1H3. The van der Waals surface area contributed by atoms with E-state index in [0.29, 0.717) is 55.2 Å². The topological polar surface area (TPSA) is 73.7 Å². The number of ether oxygens (including phenoxy) is 2. The van der Waals surface area contributed by atoms with Crippen molar-refractivity contribution in [2.45, 2.75) is 51.9 Å². The molecule has 2 fully saturated rings. The molecule has 7 heteroatoms. The van der Waals surface area contributed by atoms with Gasteiger partial charge in [-0.05, 0) is 25.3 Å². The Kier molecular flexibility index (Phi) is 6.25. The fourth-order valence-electron chi connectivity index (χ4n) is 4.23. The zero-order valence-electron chi connectivity index (χ0n) is 17.0. The summed E-state index contributed by atoms with van der Waals surface area (Å²) in [5.41, 5.74) is 0.256. The Hall–Kier alpha value is -2.25. The quantitative estimate of drug-likeness (QED) is 0.699. The number of rotatable bonds is 6. The van der Waals surface area contributed by atoms with Crippen LogP contribution in [0.15, 0.2) is 29.1 Å². The predicted octanol–water partition coefficient (Wildman–Crippen LogP) is 2.81. The Labute approximate surface area is 170 Å². The van der Waals surface area contributed by atoms with Gasteiger partial charge in [0.25, 0.3) is 11.5 Å². The smallest absolute Gasteiger partial charge is 0.274 e. The van der Waals surface area contributed by atoms with Crippen molar-refractivity contribution in [3.63, 3.8) is 0 Å². The molecule has 2 aromatic rings. The molecule has 1 amide bonds. The van der Waals surface area contributed by atoms with Gasteiger partial charge in [0.1, 0.15) is 0 Å². The van der Waals surface area contributed by atoms with Crippen LogP contribution in [0.2, 0.25) is 0 Å². The first-order chi connectivity index (χ1) is 14.2. The normalized spacial score (nSPS) is 18.6. The zero-order chi connectivity index (χ0) is 20.2. The molecular formula is C22H29N3O4. The molecule has 0 N–H and O–H groups in total. The van der Waals surface area contributed by atoms with Gasteiger partial charge >= 0.3 is 0 Å². The summed E-state index contributed by atoms with van der Waals surface area (Å²) >= 11 is 0. The van der Waals surface area contributed by atoms with Gasteiger partial charge in [0.15, 0.2) is 12.0 Å². The average molecular weight is 399 g/mol. The van der Waals surface area contributed by atoms with E-state index in [9.17, 15) is 9.59 Å². The van der Waals surface area contributed by atoms with Crippen molar-refractivity contribution in [3.8, 4) is 0 Å². The van der Waals surface area contributed by atoms with Crippen LogP contribution >= 0.6 is 0 Å². The van der Waals surface area contributed by atoms with E-state index in [1.165, 1.54) is 4.68 Å². The van der Waals surface area contributed by atoms with Crippen LogP contribution in [-0.4, -0.2) is 53.2 Å². The fourth-order valence-corrected chi connectivity index (χ4v) is 4.23. The molecule has 1 aromatic carbocycles. The summed E-state index contributed by atoms with van der Waals surface area (Å²) in [5, 5.41) is 5.71. The van der Waals surface area contributed by atoms with Crippen molar-refractivity contribution in [1.29, 1.82) is 0 Å². The van der Waals surface area contributed by atoms with E-state index in [0.717, 1.165) is 32.1 Å². The van der Waals surface area contributed by atoms with Crippen LogP contribution in [-0.2, 0) is 16.0 Å². The number of nitrogens with zero attached hydrogens (tertiary/aromatic N) is 3. The van der Waals surface area contributed by atoms with Gasteiger partial charge in [-0.3, -0.25) is 9.59 Å². The number of hydrogen-bond donors (Lipinski definition) is 0. The van der Waals surface area contributed by atoms with Crippen LogP contribution in [0.3, 0.4) is 0 Å². The molecular weight excluding hydrogens is 370 g/mol. The van der Waals surface area contributed by atoms with Crippen molar-refractivity contribution in [1.82, 2.24) is 14.7 Å². The Morgan fingerprint density at radius 2 is 1.79 bits per heavy atom. The lowest BCUT2D eigenvalue weighted by molar-refractivity contribution is -0.0956. The zero-order valence-corrected chi connectivity index (χ0v) is 17.0. The molecule has 0 spiro atoms. The van der Waals surface area contributed by atoms with Gasteiger partial charge in [-0.1, -0.05) is 38.0 Å². The monoisotopic (exact) mass is 399 g/mol. The second-order valence-corrected chi connectivity index (χ2v) is 7.87. The number of hydrogen-bond acceptors (Lipinski definition) is 5. The molecule has 0 saturated carbocycles. The van der Waals surface area contributed by atoms with E-state index in [-0.39, 0.29) is 17.8 Å². The van der Waals surface area contributed by atoms with Gasteiger partial charge < -0.3 is 14.4 Å². The molecule has 0 atom stereocenters. The maximum atomic E-state index is 13.3. The SMILES string of the molecule is CCCCCn1nc(C(=O)N2CCC(C3OCCO3)CC2)c2ccccc2c1=O. The highest BCUT2D eigenvalue weighted by atomic mass is 16.7. The number of piperidine rings is 1. The summed E-state index contributed by atoms with van der Waals surface area (Å²) in [6, 6.07) is 7.29. The van der Waals surface area contributed by atoms with Crippen LogP contribution in [0.1, 0.15) is 49.5 Å². The Morgan fingerprint density at radius 3 is 2.48 bits per heavy atom. The number of aryl methyl sites for hydroxylation is 1. The van der Waals surface area contributed by atoms with E-state index in [4.69, 9.17) is 9.47 Å². The number of fused-ring (bicyclic) bond motifs is 1. The molecule has 0 unspecified atom stereocenters. The summed E-state index contributed by atoms with van der Waals surface area (Å²) in [4.78, 5) is 28.0. The lowest BCUT2D eigenvalue weighted by Gasteiger charge is -2.33. The average Bonchev–Trinajstić information content (AvgIpc) is 3.30. The first-order valence-corrected chi connectivity index (χ1v) is 10.7. The van der Waals surface area contributed by atoms with E-state index in [1.54, 1.807) is 6.07 Å². The molecule has 2 aliphatic rings. The van der Waals surface area contributed by atoms with Gasteiger partial charge in [-0.15, -0.1) is 0 Å². The van der Waals surface area contributed by atoms with Gasteiger partial charge in [0.2, 0.25) is 0 Å². The van der Waals surface area contributed by atoms with E-state index < -0.39 is 0 Å². The summed E-state index contributed by atoms with van der Waals surface area (Å²) in [5.74, 6) is 0.228. The number of likely N-dealkylation sites (tertiary alicyclic amines) is 1. The number of benzene rings is 1. The Morgan fingerprint density at radius 1 is 1.10 bits per heavy atom. The van der Waals surface area contributed by atoms with Gasteiger partial charge in [-0.2, -0.15) is 5.10 Å². The highest BCUT2D eigenvalue weighted by molar-refractivity contribution is 6.04. The second-order valence-electron chi connectivity index (χ2n) is 7.87. The number of aromatic nitrogens is 2. The third kappa shape index (κ3) is 4.21. The van der Waals surface area contributed by atoms with E-state index in [1.807, 2.05) is 23.1 Å². The third-order valence-electron chi connectivity index (χ3n) is 5.90. The van der Waals surface area contributed by atoms with E-state index in [2.05, 4.69) is 12.0 Å². The molecule has 1 aromatic heterocycles. The van der Waals surface area contributed by atoms with Crippen molar-refractivity contribution in [2.24, 2.45) is 5.92 Å². The predicted molar refractivity (Wildman–Crippen MR) is 110 cm³/mol. The third-order valence-corrected chi connectivity index (χ3v) is 5.90. The van der Waals surface area contributed by atoms with Crippen LogP contribution in [0, 0.1) is 5.92 Å². The summed E-state index contributed by atoms with van der Waals surface area (Å²) in [7, 11) is 0. The first kappa shape index (κ1) is 20.0. The molecule has 0 aliphatic carbocycles. The Bertz CT molecular complexity index is 912. The summed E-state index contributed by atoms with van der Waals surface area (Å²) < 4.78 is 12.7. The number of carbonyl (C=O) groups excluding carboxylic acids is 1. The first-order valence-electron chi connectivity index (χ1n) is 10.7. The molecule has 0 radical (unpaired) electrons. The van der Waals surface area contributed by atoms with Crippen LogP contribution < -0.4 is 5.56 Å². The van der Waals surface area contributed by atoms with Crippen LogP contribution in [0.25, 0.3) is 10.8 Å². The van der Waals surface area contributed by atoms with Crippen molar-refractivity contribution in [3.05, 3.63) is 40.3 Å². The largest absolute Gasteiger partial charge is 0.350 e. The number of unbranched alkanes of at least 4 members (excludes halogenated alkanes) is 2. The molecule has 7 nitrogen and oxygen atoms in total. The molecule has 2 saturated heterocycles. The fraction of sp³-hybridized carbons (Fsp3) is 0.591. The van der Waals surface area contributed by atoms with Crippen molar-refractivity contribution < 1.29 is 14.3 Å². The molecule has 156 valence electrons. The number of carbonyl (C=O) groups is 1. The molecule has 29 heavy (non-hydrogen) atoms. The molecule has 2 aliphatic heterocycles. The highest BCUT2D eigenvalue weighted by Gasteiger charge is 2.33. The maximum Gasteiger partial charge on any atom is 0.274 e.